The van der Waals surface area contributed by atoms with Gasteiger partial charge in [-0.05, 0) is 43.5 Å². The molecule has 1 fully saturated rings. The Labute approximate surface area is 179 Å². The Morgan fingerprint density at radius 1 is 1.13 bits per heavy atom. The van der Waals surface area contributed by atoms with Crippen molar-refractivity contribution in [1.82, 2.24) is 10.4 Å². The largest absolute Gasteiger partial charge is 0.466 e. The molecule has 0 aliphatic carbocycles. The highest BCUT2D eigenvalue weighted by Gasteiger charge is 2.26. The fourth-order valence-corrected chi connectivity index (χ4v) is 3.71. The Morgan fingerprint density at radius 3 is 2.60 bits per heavy atom. The van der Waals surface area contributed by atoms with Gasteiger partial charge in [0.1, 0.15) is 0 Å². The van der Waals surface area contributed by atoms with Crippen LogP contribution in [-0.2, 0) is 20.8 Å². The molecule has 2 aromatic carbocycles. The van der Waals surface area contributed by atoms with Crippen molar-refractivity contribution in [3.05, 3.63) is 77.5 Å². The van der Waals surface area contributed by atoms with Gasteiger partial charge in [-0.25, -0.2) is 0 Å². The molecule has 1 aliphatic rings. The van der Waals surface area contributed by atoms with Gasteiger partial charge in [0.2, 0.25) is 0 Å². The van der Waals surface area contributed by atoms with Crippen molar-refractivity contribution < 1.29 is 14.4 Å². The van der Waals surface area contributed by atoms with E-state index in [9.17, 15) is 4.79 Å². The molecule has 0 spiro atoms. The van der Waals surface area contributed by atoms with E-state index in [-0.39, 0.29) is 11.9 Å². The Bertz CT molecular complexity index is 793. The molecule has 3 rings (SSSR count). The number of allylic oxidation sites excluding steroid dienone is 1. The lowest BCUT2D eigenvalue weighted by atomic mass is 9.98. The Morgan fingerprint density at radius 2 is 1.87 bits per heavy atom. The highest BCUT2D eigenvalue weighted by Crippen LogP contribution is 2.17. The molecule has 30 heavy (non-hydrogen) atoms. The minimum absolute atomic E-state index is 0.0155. The van der Waals surface area contributed by atoms with Gasteiger partial charge in [-0.15, -0.1) is 0 Å². The highest BCUT2D eigenvalue weighted by atomic mass is 16.6. The maximum Gasteiger partial charge on any atom is 0.310 e. The molecule has 0 amide bonds. The standard InChI is InChI=1S/C25H32N2O3/c1-2-29-25(28)23-14-9-15-27(20-23)16-17-30-26-24(18-21-10-5-3-6-11-21)19-22-12-7-4-8-13-22/h3-8,10-13,18,23,26H,2,9,14-17,19-20H2,1H3. The van der Waals surface area contributed by atoms with Crippen LogP contribution in [0.2, 0.25) is 0 Å². The second-order valence-corrected chi connectivity index (χ2v) is 7.58. The van der Waals surface area contributed by atoms with Crippen LogP contribution < -0.4 is 5.48 Å². The van der Waals surface area contributed by atoms with E-state index < -0.39 is 0 Å². The number of hydrogen-bond donors (Lipinski definition) is 1. The van der Waals surface area contributed by atoms with E-state index in [0.717, 1.165) is 50.2 Å². The molecule has 2 aromatic rings. The van der Waals surface area contributed by atoms with E-state index >= 15 is 0 Å². The summed E-state index contributed by atoms with van der Waals surface area (Å²) in [6.07, 6.45) is 4.81. The molecular weight excluding hydrogens is 376 g/mol. The summed E-state index contributed by atoms with van der Waals surface area (Å²) in [4.78, 5) is 20.1. The molecular formula is C25H32N2O3. The number of hydroxylamine groups is 1. The van der Waals surface area contributed by atoms with E-state index in [1.165, 1.54) is 5.56 Å². The fraction of sp³-hybridized carbons (Fsp3) is 0.400. The molecule has 1 heterocycles. The molecule has 1 aliphatic heterocycles. The number of rotatable bonds is 10. The SMILES string of the molecule is CCOC(=O)C1CCCN(CCONC(=Cc2ccccc2)Cc2ccccc2)C1. The molecule has 5 nitrogen and oxygen atoms in total. The van der Waals surface area contributed by atoms with E-state index in [4.69, 9.17) is 9.57 Å². The fourth-order valence-electron chi connectivity index (χ4n) is 3.71. The van der Waals surface area contributed by atoms with Crippen LogP contribution >= 0.6 is 0 Å². The van der Waals surface area contributed by atoms with Crippen molar-refractivity contribution in [2.24, 2.45) is 5.92 Å². The van der Waals surface area contributed by atoms with Crippen LogP contribution in [-0.4, -0.2) is 43.7 Å². The molecule has 160 valence electrons. The smallest absolute Gasteiger partial charge is 0.310 e. The Balaban J connectivity index is 1.50. The van der Waals surface area contributed by atoms with Gasteiger partial charge < -0.3 is 9.64 Å². The summed E-state index contributed by atoms with van der Waals surface area (Å²) in [5.41, 5.74) is 6.52. The van der Waals surface area contributed by atoms with Gasteiger partial charge in [0, 0.05) is 25.2 Å². The first-order valence-corrected chi connectivity index (χ1v) is 10.8. The highest BCUT2D eigenvalue weighted by molar-refractivity contribution is 5.72. The number of esters is 1. The first-order valence-electron chi connectivity index (χ1n) is 10.8. The van der Waals surface area contributed by atoms with Crippen LogP contribution in [0.15, 0.2) is 66.4 Å². The summed E-state index contributed by atoms with van der Waals surface area (Å²) in [7, 11) is 0. The van der Waals surface area contributed by atoms with E-state index in [1.807, 2.05) is 43.3 Å². The maximum absolute atomic E-state index is 12.0. The molecule has 5 heteroatoms. The van der Waals surface area contributed by atoms with Crippen molar-refractivity contribution in [3.63, 3.8) is 0 Å². The summed E-state index contributed by atoms with van der Waals surface area (Å²) < 4.78 is 5.18. The van der Waals surface area contributed by atoms with Gasteiger partial charge in [-0.2, -0.15) is 0 Å². The monoisotopic (exact) mass is 408 g/mol. The number of carbonyl (C=O) groups excluding carboxylic acids is 1. The number of hydrogen-bond acceptors (Lipinski definition) is 5. The van der Waals surface area contributed by atoms with Crippen LogP contribution in [0.25, 0.3) is 6.08 Å². The zero-order valence-electron chi connectivity index (χ0n) is 17.8. The predicted octanol–water partition coefficient (Wildman–Crippen LogP) is 4.07. The average molecular weight is 409 g/mol. The van der Waals surface area contributed by atoms with E-state index in [2.05, 4.69) is 40.7 Å². The second kappa shape index (κ2) is 12.2. The summed E-state index contributed by atoms with van der Waals surface area (Å²) in [6.45, 7) is 5.38. The van der Waals surface area contributed by atoms with Crippen LogP contribution in [0.3, 0.4) is 0 Å². The van der Waals surface area contributed by atoms with Gasteiger partial charge in [-0.3, -0.25) is 15.1 Å². The molecule has 0 aromatic heterocycles. The van der Waals surface area contributed by atoms with Crippen LogP contribution in [0.5, 0.6) is 0 Å². The lowest BCUT2D eigenvalue weighted by Crippen LogP contribution is -2.41. The summed E-state index contributed by atoms with van der Waals surface area (Å²) in [5, 5.41) is 0. The number of ether oxygens (including phenoxy) is 1. The zero-order chi connectivity index (χ0) is 21.0. The number of likely N-dealkylation sites (tertiary alicyclic amines) is 1. The minimum Gasteiger partial charge on any atom is -0.466 e. The predicted molar refractivity (Wildman–Crippen MR) is 119 cm³/mol. The van der Waals surface area contributed by atoms with Crippen LogP contribution in [0.1, 0.15) is 30.9 Å². The number of benzene rings is 2. The normalized spacial score (nSPS) is 17.5. The summed E-state index contributed by atoms with van der Waals surface area (Å²) in [6, 6.07) is 20.6. The Hall–Kier alpha value is -2.63. The first kappa shape index (κ1) is 22.1. The van der Waals surface area contributed by atoms with E-state index in [0.29, 0.717) is 13.2 Å². The topological polar surface area (TPSA) is 50.8 Å². The second-order valence-electron chi connectivity index (χ2n) is 7.58. The van der Waals surface area contributed by atoms with Crippen molar-refractivity contribution in [2.45, 2.75) is 26.2 Å². The van der Waals surface area contributed by atoms with Crippen molar-refractivity contribution in [3.8, 4) is 0 Å². The van der Waals surface area contributed by atoms with Gasteiger partial charge in [0.15, 0.2) is 0 Å². The number of nitrogens with one attached hydrogen (secondary N) is 1. The van der Waals surface area contributed by atoms with Gasteiger partial charge in [0.25, 0.3) is 0 Å². The molecule has 0 bridgehead atoms. The van der Waals surface area contributed by atoms with Gasteiger partial charge >= 0.3 is 5.97 Å². The van der Waals surface area contributed by atoms with Gasteiger partial charge in [0.05, 0.1) is 19.1 Å². The molecule has 0 saturated carbocycles. The molecule has 0 radical (unpaired) electrons. The van der Waals surface area contributed by atoms with Crippen LogP contribution in [0.4, 0.5) is 0 Å². The number of nitrogens with zero attached hydrogens (tertiary/aromatic N) is 1. The number of piperidine rings is 1. The third kappa shape index (κ3) is 7.32. The molecule has 1 unspecified atom stereocenters. The van der Waals surface area contributed by atoms with Crippen molar-refractivity contribution in [2.75, 3.05) is 32.8 Å². The van der Waals surface area contributed by atoms with E-state index in [1.54, 1.807) is 0 Å². The zero-order valence-corrected chi connectivity index (χ0v) is 17.8. The quantitative estimate of drug-likeness (QED) is 0.365. The van der Waals surface area contributed by atoms with Crippen molar-refractivity contribution >= 4 is 12.0 Å². The van der Waals surface area contributed by atoms with Crippen molar-refractivity contribution in [1.29, 1.82) is 0 Å². The maximum atomic E-state index is 12.0. The lowest BCUT2D eigenvalue weighted by molar-refractivity contribution is -0.150. The summed E-state index contributed by atoms with van der Waals surface area (Å²) >= 11 is 0. The van der Waals surface area contributed by atoms with Crippen LogP contribution in [0, 0.1) is 5.92 Å². The molecule has 1 N–H and O–H groups in total. The van der Waals surface area contributed by atoms with Gasteiger partial charge in [-0.1, -0.05) is 60.7 Å². The third-order valence-corrected chi connectivity index (χ3v) is 5.22. The Kier molecular flexibility index (Phi) is 8.94. The number of carbonyl (C=O) groups is 1. The molecule has 1 atom stereocenters. The third-order valence-electron chi connectivity index (χ3n) is 5.22. The lowest BCUT2D eigenvalue weighted by Gasteiger charge is -2.31. The molecule has 1 saturated heterocycles. The minimum atomic E-state index is -0.0721. The first-order chi connectivity index (χ1) is 14.7. The summed E-state index contributed by atoms with van der Waals surface area (Å²) in [5.74, 6) is -0.0875. The average Bonchev–Trinajstić information content (AvgIpc) is 2.78.